The Bertz CT molecular complexity index is 1020. The number of aromatic amines is 1. The normalized spacial score (nSPS) is 10.9. The maximum atomic E-state index is 12.9. The molecule has 0 radical (unpaired) electrons. The van der Waals surface area contributed by atoms with Crippen molar-refractivity contribution >= 4 is 16.7 Å². The summed E-state index contributed by atoms with van der Waals surface area (Å²) in [6.07, 6.45) is 7.07. The molecule has 0 amide bonds. The Hall–Kier alpha value is -3.27. The first-order valence-electron chi connectivity index (χ1n) is 8.81. The molecule has 0 bridgehead atoms. The third kappa shape index (κ3) is 3.40. The van der Waals surface area contributed by atoms with Crippen LogP contribution >= 0.6 is 0 Å². The lowest BCUT2D eigenvalue weighted by molar-refractivity contribution is -0.695. The number of carbonyl (C=O) groups is 1. The zero-order valence-corrected chi connectivity index (χ0v) is 14.4. The van der Waals surface area contributed by atoms with Crippen molar-refractivity contribution in [3.05, 3.63) is 84.9 Å². The van der Waals surface area contributed by atoms with Gasteiger partial charge in [0.15, 0.2) is 5.78 Å². The molecule has 26 heavy (non-hydrogen) atoms. The molecule has 2 aromatic heterocycles. The maximum absolute atomic E-state index is 12.9. The summed E-state index contributed by atoms with van der Waals surface area (Å²) in [6.45, 7) is 0.823. The Kier molecular flexibility index (Phi) is 4.56. The number of fused-ring (bicyclic) bond motifs is 1. The first-order valence-corrected chi connectivity index (χ1v) is 8.81. The van der Waals surface area contributed by atoms with Crippen molar-refractivity contribution in [3.8, 4) is 11.3 Å². The minimum absolute atomic E-state index is 0.164. The van der Waals surface area contributed by atoms with Gasteiger partial charge >= 0.3 is 0 Å². The van der Waals surface area contributed by atoms with Gasteiger partial charge in [0.1, 0.15) is 12.4 Å². The van der Waals surface area contributed by atoms with Crippen LogP contribution in [0.3, 0.4) is 0 Å². The van der Waals surface area contributed by atoms with E-state index in [4.69, 9.17) is 4.98 Å². The average Bonchev–Trinajstić information content (AvgIpc) is 3.21. The second kappa shape index (κ2) is 7.31. The number of nitrogens with one attached hydrogen (secondary N) is 1. The van der Waals surface area contributed by atoms with Crippen molar-refractivity contribution in [2.24, 2.45) is 0 Å². The smallest absolute Gasteiger partial charge is 0.241 e. The van der Waals surface area contributed by atoms with Gasteiger partial charge in [-0.2, -0.15) is 0 Å². The molecule has 0 unspecified atom stereocenters. The van der Waals surface area contributed by atoms with E-state index in [0.29, 0.717) is 6.42 Å². The third-order valence-electron chi connectivity index (χ3n) is 4.51. The molecular formula is C22H20N3O+. The van der Waals surface area contributed by atoms with E-state index in [1.807, 2.05) is 84.0 Å². The topological polar surface area (TPSA) is 49.6 Å². The highest BCUT2D eigenvalue weighted by Gasteiger charge is 2.14. The summed E-state index contributed by atoms with van der Waals surface area (Å²) in [7, 11) is 0. The number of hydrogen-bond acceptors (Lipinski definition) is 2. The number of aryl methyl sites for hydroxylation is 1. The van der Waals surface area contributed by atoms with Crippen molar-refractivity contribution in [1.29, 1.82) is 0 Å². The summed E-state index contributed by atoms with van der Waals surface area (Å²) in [6, 6.07) is 19.8. The van der Waals surface area contributed by atoms with Crippen LogP contribution in [0.2, 0.25) is 0 Å². The second-order valence-electron chi connectivity index (χ2n) is 6.31. The quantitative estimate of drug-likeness (QED) is 0.422. The van der Waals surface area contributed by atoms with Gasteiger partial charge in [-0.05, 0) is 18.6 Å². The van der Waals surface area contributed by atoms with E-state index in [1.54, 1.807) is 0 Å². The highest BCUT2D eigenvalue weighted by atomic mass is 16.1. The summed E-state index contributed by atoms with van der Waals surface area (Å²) in [5.41, 5.74) is 3.48. The summed E-state index contributed by atoms with van der Waals surface area (Å²) >= 11 is 0. The number of nitrogens with zero attached hydrogens (tertiary/aromatic N) is 2. The molecule has 2 aromatic carbocycles. The van der Waals surface area contributed by atoms with Crippen LogP contribution in [0.25, 0.3) is 22.2 Å². The average molecular weight is 342 g/mol. The van der Waals surface area contributed by atoms with Gasteiger partial charge in [0.25, 0.3) is 0 Å². The van der Waals surface area contributed by atoms with E-state index in [2.05, 4.69) is 4.98 Å². The first-order chi connectivity index (χ1) is 12.8. The molecule has 128 valence electrons. The summed E-state index contributed by atoms with van der Waals surface area (Å²) < 4.78 is 2.05. The van der Waals surface area contributed by atoms with E-state index in [0.717, 1.165) is 40.7 Å². The highest BCUT2D eigenvalue weighted by Crippen LogP contribution is 2.25. The number of ketones is 1. The van der Waals surface area contributed by atoms with E-state index in [9.17, 15) is 4.79 Å². The molecule has 0 fully saturated rings. The van der Waals surface area contributed by atoms with Crippen LogP contribution in [0.4, 0.5) is 0 Å². The number of imidazole rings is 1. The zero-order valence-electron chi connectivity index (χ0n) is 14.4. The van der Waals surface area contributed by atoms with Gasteiger partial charge in [-0.3, -0.25) is 9.78 Å². The molecule has 0 saturated heterocycles. The Morgan fingerprint density at radius 2 is 1.85 bits per heavy atom. The highest BCUT2D eigenvalue weighted by molar-refractivity contribution is 6.08. The van der Waals surface area contributed by atoms with Gasteiger partial charge in [-0.1, -0.05) is 48.5 Å². The number of pyridine rings is 1. The van der Waals surface area contributed by atoms with E-state index in [-0.39, 0.29) is 5.78 Å². The summed E-state index contributed by atoms with van der Waals surface area (Å²) in [5.74, 6) is 0.164. The number of carbonyl (C=O) groups excluding carboxylic acids is 1. The minimum atomic E-state index is 0.164. The molecule has 0 saturated carbocycles. The standard InChI is InChI=1S/C22H19N3O/c26-22(11-6-13-25-14-12-23-16-25)19-15-21(17-7-2-1-3-8-17)24-20-10-5-4-9-18(19)20/h1-5,7-10,12,14-16H,6,11,13H2/p+1. The third-order valence-corrected chi connectivity index (χ3v) is 4.51. The maximum Gasteiger partial charge on any atom is 0.241 e. The van der Waals surface area contributed by atoms with Crippen molar-refractivity contribution in [2.75, 3.05) is 0 Å². The molecule has 1 N–H and O–H groups in total. The van der Waals surface area contributed by atoms with E-state index >= 15 is 0 Å². The summed E-state index contributed by atoms with van der Waals surface area (Å²) in [4.78, 5) is 20.7. The Balaban J connectivity index is 1.65. The largest absolute Gasteiger partial charge is 0.294 e. The number of aromatic nitrogens is 3. The molecule has 0 aliphatic carbocycles. The number of Topliss-reactive ketones (excluding diaryl/α,β-unsaturated/α-hetero) is 1. The van der Waals surface area contributed by atoms with Crippen molar-refractivity contribution < 1.29 is 9.36 Å². The van der Waals surface area contributed by atoms with Crippen molar-refractivity contribution in [3.63, 3.8) is 0 Å². The predicted octanol–water partition coefficient (Wildman–Crippen LogP) is 4.18. The molecular weight excluding hydrogens is 322 g/mol. The Morgan fingerprint density at radius 3 is 2.65 bits per heavy atom. The number of para-hydroxylation sites is 1. The Labute approximate surface area is 152 Å². The van der Waals surface area contributed by atoms with Crippen molar-refractivity contribution in [1.82, 2.24) is 9.97 Å². The second-order valence-corrected chi connectivity index (χ2v) is 6.31. The van der Waals surface area contributed by atoms with Gasteiger partial charge in [0.2, 0.25) is 6.33 Å². The number of rotatable bonds is 6. The molecule has 4 heteroatoms. The van der Waals surface area contributed by atoms with E-state index in [1.165, 1.54) is 0 Å². The van der Waals surface area contributed by atoms with Crippen LogP contribution in [0, 0.1) is 0 Å². The molecule has 4 rings (SSSR count). The fourth-order valence-corrected chi connectivity index (χ4v) is 3.18. The fraction of sp³-hybridized carbons (Fsp3) is 0.136. The monoisotopic (exact) mass is 342 g/mol. The van der Waals surface area contributed by atoms with Gasteiger partial charge in [-0.25, -0.2) is 9.55 Å². The molecule has 0 atom stereocenters. The molecule has 2 heterocycles. The minimum Gasteiger partial charge on any atom is -0.294 e. The van der Waals surface area contributed by atoms with Crippen LogP contribution in [-0.4, -0.2) is 15.8 Å². The number of benzene rings is 2. The lowest BCUT2D eigenvalue weighted by Gasteiger charge is -2.09. The molecule has 4 nitrogen and oxygen atoms in total. The van der Waals surface area contributed by atoms with Crippen LogP contribution < -0.4 is 4.57 Å². The lowest BCUT2D eigenvalue weighted by atomic mass is 9.99. The SMILES string of the molecule is O=C(CCC[n+]1cc[nH]c1)c1cc(-c2ccccc2)nc2ccccc12. The first kappa shape index (κ1) is 16.2. The zero-order chi connectivity index (χ0) is 17.8. The fourth-order valence-electron chi connectivity index (χ4n) is 3.18. The van der Waals surface area contributed by atoms with Crippen LogP contribution in [0.5, 0.6) is 0 Å². The van der Waals surface area contributed by atoms with Gasteiger partial charge in [0.05, 0.1) is 17.8 Å². The van der Waals surface area contributed by atoms with Gasteiger partial charge in [-0.15, -0.1) is 0 Å². The molecule has 0 spiro atoms. The van der Waals surface area contributed by atoms with Crippen LogP contribution in [0.15, 0.2) is 79.4 Å². The van der Waals surface area contributed by atoms with Gasteiger partial charge < -0.3 is 0 Å². The lowest BCUT2D eigenvalue weighted by Crippen LogP contribution is -2.30. The van der Waals surface area contributed by atoms with E-state index < -0.39 is 0 Å². The van der Waals surface area contributed by atoms with Crippen LogP contribution in [-0.2, 0) is 6.54 Å². The molecule has 4 aromatic rings. The van der Waals surface area contributed by atoms with Gasteiger partial charge in [0, 0.05) is 22.9 Å². The number of hydrogen-bond donors (Lipinski definition) is 1. The van der Waals surface area contributed by atoms with Crippen LogP contribution in [0.1, 0.15) is 23.2 Å². The molecule has 0 aliphatic heterocycles. The summed E-state index contributed by atoms with van der Waals surface area (Å²) in [5, 5.41) is 0.923. The predicted molar refractivity (Wildman–Crippen MR) is 102 cm³/mol. The number of H-pyrrole nitrogens is 1. The Morgan fingerprint density at radius 1 is 1.04 bits per heavy atom. The molecule has 0 aliphatic rings. The van der Waals surface area contributed by atoms with Crippen molar-refractivity contribution in [2.45, 2.75) is 19.4 Å².